The van der Waals surface area contributed by atoms with Gasteiger partial charge in [0.25, 0.3) is 0 Å². The van der Waals surface area contributed by atoms with E-state index in [0.29, 0.717) is 16.9 Å². The molecule has 0 aromatic heterocycles. The number of carbonyl (C=O) groups is 1. The smallest absolute Gasteiger partial charge is 0.198 e. The molecule has 2 aromatic carbocycles. The Kier molecular flexibility index (Phi) is 3.96. The molecular formula is C19H19NO2. The Hall–Kier alpha value is -2.55. The van der Waals surface area contributed by atoms with Crippen LogP contribution in [0.2, 0.25) is 0 Å². The van der Waals surface area contributed by atoms with Gasteiger partial charge in [0, 0.05) is 12.2 Å². The molecule has 1 atom stereocenters. The summed E-state index contributed by atoms with van der Waals surface area (Å²) in [6, 6.07) is 17.5. The number of nitrogens with one attached hydrogen (secondary N) is 1. The zero-order valence-corrected chi connectivity index (χ0v) is 12.7. The molecule has 3 rings (SSSR count). The fraction of sp³-hybridized carbons (Fsp3) is 0.211. The Balaban J connectivity index is 2.06. The number of carbonyl (C=O) groups excluding carboxylic acids is 1. The second-order valence-corrected chi connectivity index (χ2v) is 5.65. The number of hydrogen-bond acceptors (Lipinski definition) is 3. The van der Waals surface area contributed by atoms with Crippen LogP contribution in [0.5, 0.6) is 5.75 Å². The van der Waals surface area contributed by atoms with Crippen LogP contribution in [0.4, 0.5) is 0 Å². The summed E-state index contributed by atoms with van der Waals surface area (Å²) in [7, 11) is 0. The number of para-hydroxylation sites is 1. The lowest BCUT2D eigenvalue weighted by Crippen LogP contribution is -2.27. The lowest BCUT2D eigenvalue weighted by atomic mass is 9.91. The molecular weight excluding hydrogens is 274 g/mol. The highest BCUT2D eigenvalue weighted by Crippen LogP contribution is 2.37. The molecule has 0 amide bonds. The highest BCUT2D eigenvalue weighted by molar-refractivity contribution is 6.12. The Morgan fingerprint density at radius 1 is 1.05 bits per heavy atom. The molecule has 1 heterocycles. The van der Waals surface area contributed by atoms with Crippen molar-refractivity contribution in [2.24, 2.45) is 0 Å². The number of rotatable bonds is 3. The molecule has 1 unspecified atom stereocenters. The zero-order valence-electron chi connectivity index (χ0n) is 12.7. The zero-order chi connectivity index (χ0) is 15.5. The fourth-order valence-corrected chi connectivity index (χ4v) is 2.50. The molecule has 2 aromatic rings. The highest BCUT2D eigenvalue weighted by atomic mass is 16.5. The number of ether oxygens (including phenoxy) is 1. The van der Waals surface area contributed by atoms with Crippen molar-refractivity contribution >= 4 is 5.78 Å². The average molecular weight is 293 g/mol. The van der Waals surface area contributed by atoms with Gasteiger partial charge in [0.1, 0.15) is 5.75 Å². The van der Waals surface area contributed by atoms with Crippen molar-refractivity contribution in [3.63, 3.8) is 0 Å². The van der Waals surface area contributed by atoms with Crippen LogP contribution in [0.25, 0.3) is 0 Å². The van der Waals surface area contributed by atoms with Gasteiger partial charge >= 0.3 is 0 Å². The van der Waals surface area contributed by atoms with Crippen LogP contribution in [0.3, 0.4) is 0 Å². The van der Waals surface area contributed by atoms with E-state index in [9.17, 15) is 4.79 Å². The summed E-state index contributed by atoms with van der Waals surface area (Å²) in [4.78, 5) is 12.8. The Morgan fingerprint density at radius 3 is 2.45 bits per heavy atom. The van der Waals surface area contributed by atoms with Crippen molar-refractivity contribution < 1.29 is 9.53 Å². The molecule has 0 radical (unpaired) electrons. The third kappa shape index (κ3) is 2.75. The van der Waals surface area contributed by atoms with Crippen molar-refractivity contribution in [1.29, 1.82) is 0 Å². The summed E-state index contributed by atoms with van der Waals surface area (Å²) in [5, 5.41) is 3.21. The molecule has 0 aliphatic carbocycles. The van der Waals surface area contributed by atoms with Gasteiger partial charge in [-0.25, -0.2) is 0 Å². The summed E-state index contributed by atoms with van der Waals surface area (Å²) in [5.41, 5.74) is 2.23. The second kappa shape index (κ2) is 6.06. The van der Waals surface area contributed by atoms with Gasteiger partial charge in [-0.3, -0.25) is 4.79 Å². The van der Waals surface area contributed by atoms with Gasteiger partial charge in [-0.15, -0.1) is 0 Å². The summed E-state index contributed by atoms with van der Waals surface area (Å²) < 4.78 is 6.10. The summed E-state index contributed by atoms with van der Waals surface area (Å²) in [6.45, 7) is 4.08. The molecule has 3 heteroatoms. The second-order valence-electron chi connectivity index (χ2n) is 5.65. The molecule has 112 valence electrons. The van der Waals surface area contributed by atoms with Gasteiger partial charge in [-0.1, -0.05) is 42.5 Å². The minimum Gasteiger partial charge on any atom is -0.480 e. The van der Waals surface area contributed by atoms with Crippen molar-refractivity contribution in [2.45, 2.75) is 26.0 Å². The minimum absolute atomic E-state index is 0.0175. The largest absolute Gasteiger partial charge is 0.480 e. The number of benzene rings is 2. The predicted molar refractivity (Wildman–Crippen MR) is 86.9 cm³/mol. The van der Waals surface area contributed by atoms with Gasteiger partial charge in [-0.05, 0) is 31.5 Å². The number of Topliss-reactive ketones (excluding diaryl/α,β-unsaturated/α-hetero) is 1. The molecule has 0 saturated heterocycles. The average Bonchev–Trinajstić information content (AvgIpc) is 2.54. The van der Waals surface area contributed by atoms with Crippen LogP contribution in [-0.2, 0) is 0 Å². The summed E-state index contributed by atoms with van der Waals surface area (Å²) >= 11 is 0. The lowest BCUT2D eigenvalue weighted by Gasteiger charge is -2.28. The van der Waals surface area contributed by atoms with E-state index < -0.39 is 0 Å². The Labute approximate surface area is 130 Å². The number of ketones is 1. The molecule has 0 saturated carbocycles. The van der Waals surface area contributed by atoms with Gasteiger partial charge < -0.3 is 10.1 Å². The SMILES string of the molecule is CC(C)NC=C1C(=O)c2ccccc2OC1c1ccccc1. The van der Waals surface area contributed by atoms with E-state index in [1.54, 1.807) is 6.20 Å². The molecule has 22 heavy (non-hydrogen) atoms. The first-order chi connectivity index (χ1) is 10.7. The van der Waals surface area contributed by atoms with E-state index >= 15 is 0 Å². The van der Waals surface area contributed by atoms with Gasteiger partial charge in [0.05, 0.1) is 11.1 Å². The Bertz CT molecular complexity index is 704. The maximum atomic E-state index is 12.8. The first-order valence-electron chi connectivity index (χ1n) is 7.48. The molecule has 1 aliphatic rings. The van der Waals surface area contributed by atoms with Crippen LogP contribution < -0.4 is 10.1 Å². The molecule has 0 spiro atoms. The summed E-state index contributed by atoms with van der Waals surface area (Å²) in [5.74, 6) is 0.659. The first-order valence-corrected chi connectivity index (χ1v) is 7.48. The highest BCUT2D eigenvalue weighted by Gasteiger charge is 2.32. The maximum absolute atomic E-state index is 12.8. The first kappa shape index (κ1) is 14.4. The fourth-order valence-electron chi connectivity index (χ4n) is 2.50. The number of hydrogen-bond donors (Lipinski definition) is 1. The minimum atomic E-state index is -0.380. The van der Waals surface area contributed by atoms with E-state index in [1.807, 2.05) is 68.4 Å². The molecule has 0 bridgehead atoms. The van der Waals surface area contributed by atoms with Gasteiger partial charge in [0.2, 0.25) is 0 Å². The summed E-state index contributed by atoms with van der Waals surface area (Å²) in [6.07, 6.45) is 1.41. The third-order valence-electron chi connectivity index (χ3n) is 3.60. The van der Waals surface area contributed by atoms with E-state index in [2.05, 4.69) is 5.32 Å². The topological polar surface area (TPSA) is 38.3 Å². The standard InChI is InChI=1S/C19H19NO2/c1-13(2)20-12-16-18(21)15-10-6-7-11-17(15)22-19(16)14-8-4-3-5-9-14/h3-13,19-20H,1-2H3. The van der Waals surface area contributed by atoms with E-state index in [0.717, 1.165) is 5.56 Å². The predicted octanol–water partition coefficient (Wildman–Crippen LogP) is 3.88. The molecule has 1 aliphatic heterocycles. The van der Waals surface area contributed by atoms with E-state index in [1.165, 1.54) is 0 Å². The van der Waals surface area contributed by atoms with E-state index in [4.69, 9.17) is 4.74 Å². The molecule has 3 nitrogen and oxygen atoms in total. The molecule has 0 fully saturated rings. The van der Waals surface area contributed by atoms with Crippen LogP contribution >= 0.6 is 0 Å². The van der Waals surface area contributed by atoms with Crippen LogP contribution in [0, 0.1) is 0 Å². The number of fused-ring (bicyclic) bond motifs is 1. The van der Waals surface area contributed by atoms with Gasteiger partial charge in [-0.2, -0.15) is 0 Å². The van der Waals surface area contributed by atoms with Crippen molar-refractivity contribution in [3.8, 4) is 5.75 Å². The lowest BCUT2D eigenvalue weighted by molar-refractivity contribution is 0.0959. The quantitative estimate of drug-likeness (QED) is 0.873. The van der Waals surface area contributed by atoms with Crippen molar-refractivity contribution in [3.05, 3.63) is 77.5 Å². The van der Waals surface area contributed by atoms with Gasteiger partial charge in [0.15, 0.2) is 11.9 Å². The van der Waals surface area contributed by atoms with Crippen molar-refractivity contribution in [1.82, 2.24) is 5.32 Å². The van der Waals surface area contributed by atoms with Crippen LogP contribution in [0.15, 0.2) is 66.4 Å². The monoisotopic (exact) mass is 293 g/mol. The van der Waals surface area contributed by atoms with Crippen molar-refractivity contribution in [2.75, 3.05) is 0 Å². The normalized spacial score (nSPS) is 19.0. The maximum Gasteiger partial charge on any atom is 0.198 e. The third-order valence-corrected chi connectivity index (χ3v) is 3.60. The van der Waals surface area contributed by atoms with E-state index in [-0.39, 0.29) is 17.9 Å². The Morgan fingerprint density at radius 2 is 1.73 bits per heavy atom. The van der Waals surface area contributed by atoms with Crippen LogP contribution in [0.1, 0.15) is 35.9 Å². The van der Waals surface area contributed by atoms with Crippen LogP contribution in [-0.4, -0.2) is 11.8 Å². The molecule has 1 N–H and O–H groups in total.